The van der Waals surface area contributed by atoms with Crippen LogP contribution in [0.5, 0.6) is 0 Å². The molecule has 1 saturated carbocycles. The molecular formula is C25H25FN4. The summed E-state index contributed by atoms with van der Waals surface area (Å²) >= 11 is 0. The molecule has 4 nitrogen and oxygen atoms in total. The van der Waals surface area contributed by atoms with Gasteiger partial charge in [0.15, 0.2) is 5.82 Å². The van der Waals surface area contributed by atoms with Gasteiger partial charge in [0.05, 0.1) is 11.2 Å². The number of nitrogens with one attached hydrogen (secondary N) is 2. The van der Waals surface area contributed by atoms with Gasteiger partial charge in [-0.05, 0) is 55.7 Å². The second-order valence-electron chi connectivity index (χ2n) is 8.20. The molecule has 0 spiro atoms. The predicted molar refractivity (Wildman–Crippen MR) is 120 cm³/mol. The van der Waals surface area contributed by atoms with Crippen LogP contribution in [0, 0.1) is 12.7 Å². The lowest BCUT2D eigenvalue weighted by molar-refractivity contribution is 0.437. The molecule has 4 aromatic rings. The Kier molecular flexibility index (Phi) is 4.95. The summed E-state index contributed by atoms with van der Waals surface area (Å²) < 4.78 is 13.5. The number of H-pyrrole nitrogens is 1. The molecule has 0 amide bonds. The highest BCUT2D eigenvalue weighted by Crippen LogP contribution is 2.36. The van der Waals surface area contributed by atoms with Gasteiger partial charge < -0.3 is 5.32 Å². The van der Waals surface area contributed by atoms with Crippen LogP contribution in [0.3, 0.4) is 0 Å². The third-order valence-electron chi connectivity index (χ3n) is 6.08. The van der Waals surface area contributed by atoms with Crippen LogP contribution in [0.15, 0.2) is 54.6 Å². The molecule has 2 heterocycles. The summed E-state index contributed by atoms with van der Waals surface area (Å²) in [5.74, 6) is 0.915. The summed E-state index contributed by atoms with van der Waals surface area (Å²) in [5, 5.41) is 11.6. The highest BCUT2D eigenvalue weighted by atomic mass is 19.1. The van der Waals surface area contributed by atoms with E-state index < -0.39 is 0 Å². The molecule has 2 N–H and O–H groups in total. The minimum Gasteiger partial charge on any atom is -0.338 e. The normalized spacial score (nSPS) is 14.9. The number of nitrogens with zero attached hydrogens (tertiary/aromatic N) is 2. The number of anilines is 2. The van der Waals surface area contributed by atoms with Crippen molar-refractivity contribution in [3.8, 4) is 11.3 Å². The molecule has 0 aliphatic heterocycles. The van der Waals surface area contributed by atoms with Crippen LogP contribution in [-0.2, 0) is 0 Å². The number of benzene rings is 2. The van der Waals surface area contributed by atoms with Gasteiger partial charge in [-0.25, -0.2) is 4.39 Å². The van der Waals surface area contributed by atoms with E-state index in [-0.39, 0.29) is 5.82 Å². The highest BCUT2D eigenvalue weighted by molar-refractivity contribution is 5.91. The van der Waals surface area contributed by atoms with Crippen LogP contribution in [0.1, 0.15) is 49.3 Å². The van der Waals surface area contributed by atoms with Crippen LogP contribution < -0.4 is 5.32 Å². The van der Waals surface area contributed by atoms with Crippen molar-refractivity contribution < 1.29 is 4.39 Å². The van der Waals surface area contributed by atoms with Gasteiger partial charge in [-0.15, -0.1) is 0 Å². The van der Waals surface area contributed by atoms with E-state index in [0.29, 0.717) is 17.3 Å². The molecule has 5 heteroatoms. The van der Waals surface area contributed by atoms with Crippen molar-refractivity contribution in [2.45, 2.75) is 44.9 Å². The van der Waals surface area contributed by atoms with E-state index in [2.05, 4.69) is 58.8 Å². The number of aromatic nitrogens is 3. The molecule has 5 rings (SSSR count). The first-order valence-electron chi connectivity index (χ1n) is 10.7. The van der Waals surface area contributed by atoms with E-state index in [9.17, 15) is 4.39 Å². The molecule has 1 fully saturated rings. The summed E-state index contributed by atoms with van der Waals surface area (Å²) in [4.78, 5) is 5.07. The lowest BCUT2D eigenvalue weighted by atomic mass is 9.86. The van der Waals surface area contributed by atoms with Crippen molar-refractivity contribution in [1.29, 1.82) is 0 Å². The lowest BCUT2D eigenvalue weighted by Crippen LogP contribution is -2.08. The molecule has 0 unspecified atom stereocenters. The summed E-state index contributed by atoms with van der Waals surface area (Å²) in [6.45, 7) is 2.12. The summed E-state index contributed by atoms with van der Waals surface area (Å²) in [6, 6.07) is 17.3. The minimum atomic E-state index is -0.275. The van der Waals surface area contributed by atoms with Crippen molar-refractivity contribution in [3.05, 3.63) is 71.7 Å². The first-order chi connectivity index (χ1) is 14.7. The monoisotopic (exact) mass is 400 g/mol. The van der Waals surface area contributed by atoms with E-state index in [1.807, 2.05) is 0 Å². The van der Waals surface area contributed by atoms with Crippen molar-refractivity contribution in [3.63, 3.8) is 0 Å². The molecule has 0 bridgehead atoms. The Morgan fingerprint density at radius 2 is 1.83 bits per heavy atom. The topological polar surface area (TPSA) is 53.6 Å². The Morgan fingerprint density at radius 3 is 2.67 bits per heavy atom. The average molecular weight is 401 g/mol. The number of hydrogen-bond donors (Lipinski definition) is 2. The number of rotatable bonds is 4. The fourth-order valence-corrected chi connectivity index (χ4v) is 4.45. The lowest BCUT2D eigenvalue weighted by Gasteiger charge is -2.22. The Hall–Kier alpha value is -3.21. The van der Waals surface area contributed by atoms with Gasteiger partial charge in [-0.2, -0.15) is 5.10 Å². The van der Waals surface area contributed by atoms with Gasteiger partial charge in [0.1, 0.15) is 5.82 Å². The van der Waals surface area contributed by atoms with Gasteiger partial charge in [0, 0.05) is 28.2 Å². The molecule has 30 heavy (non-hydrogen) atoms. The Labute approximate surface area is 175 Å². The van der Waals surface area contributed by atoms with Crippen LogP contribution >= 0.6 is 0 Å². The van der Waals surface area contributed by atoms with Gasteiger partial charge >= 0.3 is 0 Å². The van der Waals surface area contributed by atoms with E-state index >= 15 is 0 Å². The summed E-state index contributed by atoms with van der Waals surface area (Å²) in [6.07, 6.45) is 6.22. The predicted octanol–water partition coefficient (Wildman–Crippen LogP) is 6.86. The SMILES string of the molecule is Cc1ccccc1-c1cc(Nc2n[nH]c3cc(F)ccc23)cc(C2CCCCC2)n1. The smallest absolute Gasteiger partial charge is 0.160 e. The average Bonchev–Trinajstić information content (AvgIpc) is 3.16. The number of pyridine rings is 1. The van der Waals surface area contributed by atoms with Crippen molar-refractivity contribution >= 4 is 22.4 Å². The molecular weight excluding hydrogens is 375 g/mol. The van der Waals surface area contributed by atoms with E-state index in [4.69, 9.17) is 4.98 Å². The van der Waals surface area contributed by atoms with Gasteiger partial charge in [0.2, 0.25) is 0 Å². The third kappa shape index (κ3) is 3.67. The van der Waals surface area contributed by atoms with Gasteiger partial charge in [0.25, 0.3) is 0 Å². The molecule has 2 aromatic heterocycles. The standard InChI is InChI=1S/C25H25FN4/c1-16-7-5-6-10-20(16)23-15-19(14-22(28-23)17-8-3-2-4-9-17)27-25-21-12-11-18(26)13-24(21)29-30-25/h5-7,10-15,17H,2-4,8-9H2,1H3,(H2,27,28,29,30). The van der Waals surface area contributed by atoms with E-state index in [1.54, 1.807) is 6.07 Å². The Morgan fingerprint density at radius 1 is 1.00 bits per heavy atom. The van der Waals surface area contributed by atoms with Gasteiger partial charge in [-0.3, -0.25) is 10.1 Å². The molecule has 1 aliphatic rings. The quantitative estimate of drug-likeness (QED) is 0.393. The largest absolute Gasteiger partial charge is 0.338 e. The Bertz CT molecular complexity index is 1190. The number of aromatic amines is 1. The van der Waals surface area contributed by atoms with Crippen molar-refractivity contribution in [1.82, 2.24) is 15.2 Å². The van der Waals surface area contributed by atoms with Crippen LogP contribution in [0.4, 0.5) is 15.9 Å². The number of fused-ring (bicyclic) bond motifs is 1. The molecule has 1 aliphatic carbocycles. The number of aryl methyl sites for hydroxylation is 1. The molecule has 2 aromatic carbocycles. The van der Waals surface area contributed by atoms with Crippen LogP contribution in [0.2, 0.25) is 0 Å². The summed E-state index contributed by atoms with van der Waals surface area (Å²) in [5.41, 5.74) is 6.11. The second-order valence-corrected chi connectivity index (χ2v) is 8.20. The first-order valence-corrected chi connectivity index (χ1v) is 10.7. The first kappa shape index (κ1) is 18.8. The van der Waals surface area contributed by atoms with Gasteiger partial charge in [-0.1, -0.05) is 43.5 Å². The zero-order valence-corrected chi connectivity index (χ0v) is 17.1. The Balaban J connectivity index is 1.57. The van der Waals surface area contributed by atoms with Crippen LogP contribution in [0.25, 0.3) is 22.2 Å². The highest BCUT2D eigenvalue weighted by Gasteiger charge is 2.19. The maximum Gasteiger partial charge on any atom is 0.160 e. The van der Waals surface area contributed by atoms with E-state index in [0.717, 1.165) is 28.0 Å². The second kappa shape index (κ2) is 7.90. The third-order valence-corrected chi connectivity index (χ3v) is 6.08. The van der Waals surface area contributed by atoms with E-state index in [1.165, 1.54) is 49.8 Å². The molecule has 0 radical (unpaired) electrons. The number of hydrogen-bond acceptors (Lipinski definition) is 3. The van der Waals surface area contributed by atoms with Crippen molar-refractivity contribution in [2.75, 3.05) is 5.32 Å². The zero-order valence-electron chi connectivity index (χ0n) is 17.1. The fraction of sp³-hybridized carbons (Fsp3) is 0.280. The number of halogens is 1. The van der Waals surface area contributed by atoms with Crippen LogP contribution in [-0.4, -0.2) is 15.2 Å². The van der Waals surface area contributed by atoms with Crippen molar-refractivity contribution in [2.24, 2.45) is 0 Å². The maximum atomic E-state index is 13.5. The molecule has 0 atom stereocenters. The maximum absolute atomic E-state index is 13.5. The fourth-order valence-electron chi connectivity index (χ4n) is 4.45. The molecule has 152 valence electrons. The molecule has 0 saturated heterocycles. The zero-order chi connectivity index (χ0) is 20.5. The summed E-state index contributed by atoms with van der Waals surface area (Å²) in [7, 11) is 0. The minimum absolute atomic E-state index is 0.275.